The van der Waals surface area contributed by atoms with Crippen LogP contribution in [0.5, 0.6) is 5.75 Å². The Balaban J connectivity index is 1.46. The smallest absolute Gasteiger partial charge is 0.258 e. The average molecular weight is 445 g/mol. The van der Waals surface area contributed by atoms with Gasteiger partial charge >= 0.3 is 0 Å². The van der Waals surface area contributed by atoms with E-state index >= 15 is 0 Å². The number of guanidine groups is 1. The zero-order valence-electron chi connectivity index (χ0n) is 18.5. The molecule has 3 heterocycles. The minimum atomic E-state index is -0.296. The number of amides is 1. The molecule has 2 aliphatic rings. The number of nitrogens with one attached hydrogen (secondary N) is 1. The molecule has 0 bridgehead atoms. The van der Waals surface area contributed by atoms with Crippen LogP contribution in [0.2, 0.25) is 0 Å². The first-order valence-electron chi connectivity index (χ1n) is 10.8. The Kier molecular flexibility index (Phi) is 5.42. The minimum absolute atomic E-state index is 0.102. The SMILES string of the molecule is COc1cc(/C=C2\CN=C3NCCC(c4ccc(F)cc4)N3C2=O)ccc1-n1cnc(C)c1. The topological polar surface area (TPSA) is 71.8 Å². The lowest BCUT2D eigenvalue weighted by Gasteiger charge is -2.39. The molecule has 3 aromatic rings. The number of carbonyl (C=O) groups excluding carboxylic acids is 1. The molecule has 0 saturated carbocycles. The molecule has 2 aromatic carbocycles. The fraction of sp³-hybridized carbons (Fsp3) is 0.240. The van der Waals surface area contributed by atoms with Gasteiger partial charge in [0.2, 0.25) is 5.96 Å². The third-order valence-electron chi connectivity index (χ3n) is 5.92. The van der Waals surface area contributed by atoms with Crippen LogP contribution in [0.15, 0.2) is 65.6 Å². The van der Waals surface area contributed by atoms with Gasteiger partial charge in [-0.1, -0.05) is 18.2 Å². The third kappa shape index (κ3) is 4.00. The summed E-state index contributed by atoms with van der Waals surface area (Å²) in [4.78, 5) is 24.0. The summed E-state index contributed by atoms with van der Waals surface area (Å²) >= 11 is 0. The first-order valence-corrected chi connectivity index (χ1v) is 10.8. The summed E-state index contributed by atoms with van der Waals surface area (Å²) < 4.78 is 20.9. The highest BCUT2D eigenvalue weighted by atomic mass is 19.1. The van der Waals surface area contributed by atoms with Crippen molar-refractivity contribution >= 4 is 17.9 Å². The number of hydrogen-bond donors (Lipinski definition) is 1. The van der Waals surface area contributed by atoms with Crippen molar-refractivity contribution in [3.05, 3.63) is 83.2 Å². The monoisotopic (exact) mass is 445 g/mol. The maximum absolute atomic E-state index is 13.5. The number of halogens is 1. The predicted octanol–water partition coefficient (Wildman–Crippen LogP) is 3.64. The van der Waals surface area contributed by atoms with Crippen molar-refractivity contribution in [2.45, 2.75) is 19.4 Å². The molecule has 0 radical (unpaired) electrons. The van der Waals surface area contributed by atoms with E-state index in [2.05, 4.69) is 15.3 Å². The number of nitrogens with zero attached hydrogens (tertiary/aromatic N) is 4. The lowest BCUT2D eigenvalue weighted by atomic mass is 9.98. The number of hydrogen-bond acceptors (Lipinski definition) is 5. The van der Waals surface area contributed by atoms with Crippen LogP contribution in [0.3, 0.4) is 0 Å². The predicted molar refractivity (Wildman–Crippen MR) is 124 cm³/mol. The standard InChI is InChI=1S/C25H24FN5O2/c1-16-14-30(15-29-16)22-8-3-17(12-23(22)33-2)11-19-13-28-25-27-10-9-21(31(25)24(19)32)18-4-6-20(26)7-5-18/h3-8,11-12,14-15,21H,9-10,13H2,1-2H3,(H,27,28)/b19-11+. The van der Waals surface area contributed by atoms with E-state index in [0.717, 1.165) is 28.9 Å². The Morgan fingerprint density at radius 2 is 2.03 bits per heavy atom. The van der Waals surface area contributed by atoms with Gasteiger partial charge in [0, 0.05) is 18.3 Å². The van der Waals surface area contributed by atoms with Gasteiger partial charge in [0.1, 0.15) is 11.6 Å². The van der Waals surface area contributed by atoms with E-state index in [0.29, 0.717) is 30.4 Å². The van der Waals surface area contributed by atoms with Crippen LogP contribution in [-0.4, -0.2) is 46.5 Å². The minimum Gasteiger partial charge on any atom is -0.495 e. The highest BCUT2D eigenvalue weighted by Crippen LogP contribution is 2.32. The largest absolute Gasteiger partial charge is 0.495 e. The quantitative estimate of drug-likeness (QED) is 0.623. The van der Waals surface area contributed by atoms with E-state index in [-0.39, 0.29) is 17.8 Å². The van der Waals surface area contributed by atoms with Crippen LogP contribution in [0.4, 0.5) is 4.39 Å². The normalized spacial score (nSPS) is 19.2. The number of aromatic nitrogens is 2. The van der Waals surface area contributed by atoms with Crippen molar-refractivity contribution in [3.8, 4) is 11.4 Å². The summed E-state index contributed by atoms with van der Waals surface area (Å²) in [5.41, 5.74) is 4.10. The van der Waals surface area contributed by atoms with E-state index in [9.17, 15) is 9.18 Å². The number of fused-ring (bicyclic) bond motifs is 1. The molecular weight excluding hydrogens is 421 g/mol. The van der Waals surface area contributed by atoms with Gasteiger partial charge in [0.05, 0.1) is 37.4 Å². The molecule has 5 rings (SSSR count). The molecular formula is C25H24FN5O2. The van der Waals surface area contributed by atoms with E-state index in [1.165, 1.54) is 12.1 Å². The Morgan fingerprint density at radius 3 is 2.76 bits per heavy atom. The van der Waals surface area contributed by atoms with Gasteiger partial charge in [0.15, 0.2) is 0 Å². The first kappa shape index (κ1) is 20.9. The van der Waals surface area contributed by atoms with Crippen LogP contribution in [0.1, 0.15) is 29.3 Å². The van der Waals surface area contributed by atoms with E-state index in [1.54, 1.807) is 30.5 Å². The molecule has 2 aliphatic heterocycles. The van der Waals surface area contributed by atoms with E-state index in [4.69, 9.17) is 4.74 Å². The third-order valence-corrected chi connectivity index (χ3v) is 5.92. The lowest BCUT2D eigenvalue weighted by Crippen LogP contribution is -2.54. The number of benzene rings is 2. The number of rotatable bonds is 4. The van der Waals surface area contributed by atoms with Crippen LogP contribution in [0, 0.1) is 12.7 Å². The molecule has 1 unspecified atom stereocenters. The second-order valence-electron chi connectivity index (χ2n) is 8.12. The van der Waals surface area contributed by atoms with Gasteiger partial charge < -0.3 is 14.6 Å². The van der Waals surface area contributed by atoms with E-state index in [1.807, 2.05) is 42.0 Å². The molecule has 7 nitrogen and oxygen atoms in total. The first-order chi connectivity index (χ1) is 16.0. The molecule has 168 valence electrons. The van der Waals surface area contributed by atoms with Crippen molar-refractivity contribution in [3.63, 3.8) is 0 Å². The van der Waals surface area contributed by atoms with E-state index < -0.39 is 0 Å². The average Bonchev–Trinajstić information content (AvgIpc) is 3.27. The summed E-state index contributed by atoms with van der Waals surface area (Å²) in [6, 6.07) is 11.9. The highest BCUT2D eigenvalue weighted by Gasteiger charge is 2.36. The van der Waals surface area contributed by atoms with Gasteiger partial charge in [-0.15, -0.1) is 0 Å². The van der Waals surface area contributed by atoms with Gasteiger partial charge in [-0.25, -0.2) is 14.4 Å². The zero-order chi connectivity index (χ0) is 22.9. The summed E-state index contributed by atoms with van der Waals surface area (Å²) in [6.07, 6.45) is 6.24. The molecule has 0 aliphatic carbocycles. The Bertz CT molecular complexity index is 1260. The number of imidazole rings is 1. The Labute approximate surface area is 191 Å². The molecule has 33 heavy (non-hydrogen) atoms. The van der Waals surface area contributed by atoms with Crippen molar-refractivity contribution in [2.75, 3.05) is 20.2 Å². The fourth-order valence-corrected chi connectivity index (χ4v) is 4.29. The van der Waals surface area contributed by atoms with Crippen LogP contribution >= 0.6 is 0 Å². The Hall–Kier alpha value is -3.94. The van der Waals surface area contributed by atoms with Crippen molar-refractivity contribution in [1.82, 2.24) is 19.8 Å². The number of carbonyl (C=O) groups is 1. The molecule has 0 spiro atoms. The summed E-state index contributed by atoms with van der Waals surface area (Å²) in [5, 5.41) is 3.22. The fourth-order valence-electron chi connectivity index (χ4n) is 4.29. The highest BCUT2D eigenvalue weighted by molar-refractivity contribution is 6.10. The molecule has 1 N–H and O–H groups in total. The van der Waals surface area contributed by atoms with Crippen molar-refractivity contribution in [1.29, 1.82) is 0 Å². The second-order valence-corrected chi connectivity index (χ2v) is 8.12. The van der Waals surface area contributed by atoms with Gasteiger partial charge in [-0.2, -0.15) is 0 Å². The van der Waals surface area contributed by atoms with Gasteiger partial charge in [0.25, 0.3) is 5.91 Å². The number of aryl methyl sites for hydroxylation is 1. The van der Waals surface area contributed by atoms with Crippen LogP contribution in [-0.2, 0) is 4.79 Å². The van der Waals surface area contributed by atoms with Crippen molar-refractivity contribution < 1.29 is 13.9 Å². The summed E-state index contributed by atoms with van der Waals surface area (Å²) in [5.74, 6) is 0.851. The maximum atomic E-state index is 13.5. The zero-order valence-corrected chi connectivity index (χ0v) is 18.5. The molecule has 1 fully saturated rings. The lowest BCUT2D eigenvalue weighted by molar-refractivity contribution is -0.126. The van der Waals surface area contributed by atoms with Crippen molar-refractivity contribution in [2.24, 2.45) is 4.99 Å². The van der Waals surface area contributed by atoms with Gasteiger partial charge in [-0.05, 0) is 54.8 Å². The van der Waals surface area contributed by atoms with Gasteiger partial charge in [-0.3, -0.25) is 9.69 Å². The molecule has 1 atom stereocenters. The second kappa shape index (κ2) is 8.54. The molecule has 8 heteroatoms. The number of ether oxygens (including phenoxy) is 1. The summed E-state index contributed by atoms with van der Waals surface area (Å²) in [7, 11) is 1.62. The Morgan fingerprint density at radius 1 is 1.21 bits per heavy atom. The van der Waals surface area contributed by atoms with Crippen LogP contribution < -0.4 is 10.1 Å². The number of methoxy groups -OCH3 is 1. The molecule has 1 aromatic heterocycles. The maximum Gasteiger partial charge on any atom is 0.258 e. The molecule has 1 amide bonds. The summed E-state index contributed by atoms with van der Waals surface area (Å²) in [6.45, 7) is 2.93. The van der Waals surface area contributed by atoms with Crippen LogP contribution in [0.25, 0.3) is 11.8 Å². The number of aliphatic imine (C=N–C) groups is 1. The molecule has 1 saturated heterocycles.